The van der Waals surface area contributed by atoms with Gasteiger partial charge in [-0.15, -0.1) is 6.58 Å². The van der Waals surface area contributed by atoms with E-state index in [0.29, 0.717) is 18.3 Å². The Morgan fingerprint density at radius 2 is 1.92 bits per heavy atom. The molecule has 26 heavy (non-hydrogen) atoms. The molecule has 3 aromatic rings. The molecule has 0 fully saturated rings. The highest BCUT2D eigenvalue weighted by atomic mass is 16.5. The zero-order chi connectivity index (χ0) is 18.4. The van der Waals surface area contributed by atoms with E-state index in [-0.39, 0.29) is 12.6 Å². The maximum atomic E-state index is 12.6. The average molecular weight is 348 g/mol. The van der Waals surface area contributed by atoms with E-state index in [0.717, 1.165) is 16.8 Å². The number of para-hydroxylation sites is 1. The molecule has 6 nitrogen and oxygen atoms in total. The highest BCUT2D eigenvalue weighted by molar-refractivity contribution is 5.90. The standard InChI is InChI=1S/C20H20N4O2/c1-3-13-24(20(25)21-17-12-8-7-9-15(17)2)14-18-22-19(23-26-18)16-10-5-4-6-11-16/h3-12H,1,13-14H2,2H3,(H,21,25). The molecule has 1 aromatic heterocycles. The summed E-state index contributed by atoms with van der Waals surface area (Å²) >= 11 is 0. The Bertz CT molecular complexity index is 890. The molecule has 0 radical (unpaired) electrons. The summed E-state index contributed by atoms with van der Waals surface area (Å²) in [6.07, 6.45) is 1.66. The van der Waals surface area contributed by atoms with Crippen LogP contribution >= 0.6 is 0 Å². The van der Waals surface area contributed by atoms with E-state index < -0.39 is 0 Å². The van der Waals surface area contributed by atoms with Gasteiger partial charge >= 0.3 is 6.03 Å². The molecule has 2 aromatic carbocycles. The number of urea groups is 1. The summed E-state index contributed by atoms with van der Waals surface area (Å²) in [6, 6.07) is 16.9. The van der Waals surface area contributed by atoms with Crippen LogP contribution in [0, 0.1) is 6.92 Å². The lowest BCUT2D eigenvalue weighted by Crippen LogP contribution is -2.34. The topological polar surface area (TPSA) is 71.3 Å². The maximum Gasteiger partial charge on any atom is 0.322 e. The van der Waals surface area contributed by atoms with Crippen LogP contribution in [0.1, 0.15) is 11.5 Å². The Kier molecular flexibility index (Phi) is 5.43. The molecule has 132 valence electrons. The maximum absolute atomic E-state index is 12.6. The quantitative estimate of drug-likeness (QED) is 0.676. The number of nitrogens with zero attached hydrogens (tertiary/aromatic N) is 3. The zero-order valence-electron chi connectivity index (χ0n) is 14.6. The number of nitrogens with one attached hydrogen (secondary N) is 1. The number of carbonyl (C=O) groups excluding carboxylic acids is 1. The van der Waals surface area contributed by atoms with Crippen LogP contribution in [-0.4, -0.2) is 27.6 Å². The molecule has 3 rings (SSSR count). The van der Waals surface area contributed by atoms with Gasteiger partial charge in [0.15, 0.2) is 0 Å². The predicted molar refractivity (Wildman–Crippen MR) is 101 cm³/mol. The van der Waals surface area contributed by atoms with Crippen molar-refractivity contribution in [3.05, 3.63) is 78.7 Å². The molecule has 0 saturated carbocycles. The number of amides is 2. The van der Waals surface area contributed by atoms with Crippen LogP contribution in [0.4, 0.5) is 10.5 Å². The van der Waals surface area contributed by atoms with Gasteiger partial charge in [0, 0.05) is 17.8 Å². The average Bonchev–Trinajstić information content (AvgIpc) is 3.12. The van der Waals surface area contributed by atoms with E-state index in [1.807, 2.05) is 61.5 Å². The zero-order valence-corrected chi connectivity index (χ0v) is 14.6. The van der Waals surface area contributed by atoms with E-state index in [1.54, 1.807) is 11.0 Å². The minimum Gasteiger partial charge on any atom is -0.337 e. The van der Waals surface area contributed by atoms with E-state index in [9.17, 15) is 4.79 Å². The van der Waals surface area contributed by atoms with Crippen molar-refractivity contribution in [1.29, 1.82) is 0 Å². The number of aromatic nitrogens is 2. The van der Waals surface area contributed by atoms with Gasteiger partial charge in [0.05, 0.1) is 0 Å². The largest absolute Gasteiger partial charge is 0.337 e. The lowest BCUT2D eigenvalue weighted by Gasteiger charge is -2.20. The van der Waals surface area contributed by atoms with Crippen LogP contribution in [0.25, 0.3) is 11.4 Å². The first-order valence-corrected chi connectivity index (χ1v) is 8.28. The number of rotatable bonds is 6. The summed E-state index contributed by atoms with van der Waals surface area (Å²) in [4.78, 5) is 18.5. The lowest BCUT2D eigenvalue weighted by molar-refractivity contribution is 0.206. The molecule has 1 heterocycles. The first-order chi connectivity index (χ1) is 12.7. The van der Waals surface area contributed by atoms with Gasteiger partial charge < -0.3 is 14.7 Å². The van der Waals surface area contributed by atoms with Crippen molar-refractivity contribution in [2.75, 3.05) is 11.9 Å². The van der Waals surface area contributed by atoms with E-state index >= 15 is 0 Å². The van der Waals surface area contributed by atoms with Crippen LogP contribution in [0.15, 0.2) is 71.8 Å². The third-order valence-corrected chi connectivity index (χ3v) is 3.85. The normalized spacial score (nSPS) is 10.3. The molecule has 0 aliphatic heterocycles. The highest BCUT2D eigenvalue weighted by Crippen LogP contribution is 2.17. The van der Waals surface area contributed by atoms with Crippen molar-refractivity contribution in [2.45, 2.75) is 13.5 Å². The minimum atomic E-state index is -0.251. The summed E-state index contributed by atoms with van der Waals surface area (Å²) in [7, 11) is 0. The molecule has 0 aliphatic carbocycles. The lowest BCUT2D eigenvalue weighted by atomic mass is 10.2. The fraction of sp³-hybridized carbons (Fsp3) is 0.150. The van der Waals surface area contributed by atoms with Crippen molar-refractivity contribution in [2.24, 2.45) is 0 Å². The van der Waals surface area contributed by atoms with Crippen molar-refractivity contribution >= 4 is 11.7 Å². The number of carbonyl (C=O) groups is 1. The Morgan fingerprint density at radius 1 is 1.19 bits per heavy atom. The highest BCUT2D eigenvalue weighted by Gasteiger charge is 2.17. The first-order valence-electron chi connectivity index (χ1n) is 8.28. The van der Waals surface area contributed by atoms with Gasteiger partial charge in [0.1, 0.15) is 6.54 Å². The third-order valence-electron chi connectivity index (χ3n) is 3.85. The summed E-state index contributed by atoms with van der Waals surface area (Å²) in [5.41, 5.74) is 2.62. The molecule has 6 heteroatoms. The predicted octanol–water partition coefficient (Wildman–Crippen LogP) is 4.27. The summed E-state index contributed by atoms with van der Waals surface area (Å²) in [5, 5.41) is 6.89. The molecular weight excluding hydrogens is 328 g/mol. The molecule has 1 N–H and O–H groups in total. The minimum absolute atomic E-state index is 0.198. The van der Waals surface area contributed by atoms with Crippen molar-refractivity contribution in [3.63, 3.8) is 0 Å². The number of hydrogen-bond donors (Lipinski definition) is 1. The molecule has 0 aliphatic rings. The Morgan fingerprint density at radius 3 is 2.65 bits per heavy atom. The fourth-order valence-electron chi connectivity index (χ4n) is 2.47. The van der Waals surface area contributed by atoms with Crippen LogP contribution in [0.5, 0.6) is 0 Å². The molecule has 0 saturated heterocycles. The summed E-state index contributed by atoms with van der Waals surface area (Å²) in [5.74, 6) is 0.865. The van der Waals surface area contributed by atoms with Crippen molar-refractivity contribution < 1.29 is 9.32 Å². The smallest absolute Gasteiger partial charge is 0.322 e. The third kappa shape index (κ3) is 4.16. The summed E-state index contributed by atoms with van der Waals surface area (Å²) in [6.45, 7) is 6.22. The molecule has 0 spiro atoms. The second-order valence-corrected chi connectivity index (χ2v) is 5.79. The second kappa shape index (κ2) is 8.11. The Labute approximate surface area is 152 Å². The van der Waals surface area contributed by atoms with Gasteiger partial charge in [-0.2, -0.15) is 4.98 Å². The van der Waals surface area contributed by atoms with Gasteiger partial charge in [-0.3, -0.25) is 0 Å². The number of aryl methyl sites for hydroxylation is 1. The Hall–Kier alpha value is -3.41. The number of benzene rings is 2. The van der Waals surface area contributed by atoms with Crippen molar-refractivity contribution in [1.82, 2.24) is 15.0 Å². The van der Waals surface area contributed by atoms with Gasteiger partial charge in [0.2, 0.25) is 11.7 Å². The number of anilines is 1. The first kappa shape index (κ1) is 17.4. The fourth-order valence-corrected chi connectivity index (χ4v) is 2.47. The van der Waals surface area contributed by atoms with Crippen LogP contribution in [0.3, 0.4) is 0 Å². The number of hydrogen-bond acceptors (Lipinski definition) is 4. The van der Waals surface area contributed by atoms with Crippen LogP contribution in [-0.2, 0) is 6.54 Å². The van der Waals surface area contributed by atoms with E-state index in [1.165, 1.54) is 0 Å². The van der Waals surface area contributed by atoms with Gasteiger partial charge in [-0.1, -0.05) is 59.8 Å². The molecule has 0 bridgehead atoms. The van der Waals surface area contributed by atoms with E-state index in [4.69, 9.17) is 4.52 Å². The second-order valence-electron chi connectivity index (χ2n) is 5.79. The molecule has 0 unspecified atom stereocenters. The molecule has 2 amide bonds. The van der Waals surface area contributed by atoms with E-state index in [2.05, 4.69) is 22.0 Å². The van der Waals surface area contributed by atoms with Crippen LogP contribution in [0.2, 0.25) is 0 Å². The van der Waals surface area contributed by atoms with Crippen LogP contribution < -0.4 is 5.32 Å². The molecular formula is C20H20N4O2. The van der Waals surface area contributed by atoms with Gasteiger partial charge in [-0.05, 0) is 18.6 Å². The van der Waals surface area contributed by atoms with Gasteiger partial charge in [-0.25, -0.2) is 4.79 Å². The van der Waals surface area contributed by atoms with Gasteiger partial charge in [0.25, 0.3) is 0 Å². The Balaban J connectivity index is 1.72. The molecule has 0 atom stereocenters. The SMILES string of the molecule is C=CCN(Cc1nc(-c2ccccc2)no1)C(=O)Nc1ccccc1C. The summed E-state index contributed by atoms with van der Waals surface area (Å²) < 4.78 is 5.30. The van der Waals surface area contributed by atoms with Crippen molar-refractivity contribution in [3.8, 4) is 11.4 Å². The monoisotopic (exact) mass is 348 g/mol.